The maximum absolute atomic E-state index is 5.84. The summed E-state index contributed by atoms with van der Waals surface area (Å²) < 4.78 is 0. The van der Waals surface area contributed by atoms with Crippen LogP contribution in [0, 0.1) is 13.8 Å². The van der Waals surface area contributed by atoms with Gasteiger partial charge in [0, 0.05) is 5.69 Å². The van der Waals surface area contributed by atoms with Crippen LogP contribution in [0.5, 0.6) is 0 Å². The van der Waals surface area contributed by atoms with Crippen LogP contribution < -0.4 is 11.5 Å². The summed E-state index contributed by atoms with van der Waals surface area (Å²) >= 11 is 0. The average Bonchev–Trinajstić information content (AvgIpc) is 2.34. The summed E-state index contributed by atoms with van der Waals surface area (Å²) in [6.07, 6.45) is 0. The molecule has 4 nitrogen and oxygen atoms in total. The fourth-order valence-electron chi connectivity index (χ4n) is 1.54. The zero-order valence-electron chi connectivity index (χ0n) is 10.9. The van der Waals surface area contributed by atoms with Gasteiger partial charge in [0.15, 0.2) is 0 Å². The topological polar surface area (TPSA) is 76.8 Å². The Hall–Kier alpha value is -2.07. The lowest BCUT2D eigenvalue weighted by Gasteiger charge is -2.04. The molecule has 0 aliphatic heterocycles. The Balaban J connectivity index is 0.00000180. The minimum Gasteiger partial charge on any atom is -0.398 e. The van der Waals surface area contributed by atoms with Crippen molar-refractivity contribution < 1.29 is 0 Å². The molecule has 5 heteroatoms. The predicted octanol–water partition coefficient (Wildman–Crippen LogP) is 4.31. The number of nitrogens with two attached hydrogens (primary N) is 2. The van der Waals surface area contributed by atoms with E-state index in [9.17, 15) is 0 Å². The van der Waals surface area contributed by atoms with E-state index in [-0.39, 0.29) is 12.4 Å². The van der Waals surface area contributed by atoms with Gasteiger partial charge >= 0.3 is 0 Å². The summed E-state index contributed by atoms with van der Waals surface area (Å²) in [7, 11) is 0. The van der Waals surface area contributed by atoms with E-state index < -0.39 is 0 Å². The molecule has 2 aromatic carbocycles. The van der Waals surface area contributed by atoms with E-state index in [0.29, 0.717) is 17.1 Å². The molecular weight excluding hydrogens is 260 g/mol. The maximum Gasteiger partial charge on any atom is 0.109 e. The highest BCUT2D eigenvalue weighted by Crippen LogP contribution is 2.29. The zero-order valence-corrected chi connectivity index (χ0v) is 11.7. The van der Waals surface area contributed by atoms with Gasteiger partial charge in [-0.1, -0.05) is 17.7 Å². The standard InChI is InChI=1S/C14H16N4.ClH/c1-9-3-5-11(6-4-9)17-18-14-7-10(2)12(15)8-13(14)16;/h3-8H,15-16H2,1-2H3;1H. The Morgan fingerprint density at radius 2 is 1.47 bits per heavy atom. The van der Waals surface area contributed by atoms with E-state index in [1.54, 1.807) is 6.07 Å². The van der Waals surface area contributed by atoms with Gasteiger partial charge in [0.2, 0.25) is 0 Å². The molecule has 0 fully saturated rings. The van der Waals surface area contributed by atoms with E-state index in [4.69, 9.17) is 11.5 Å². The summed E-state index contributed by atoms with van der Waals surface area (Å²) in [5.74, 6) is 0. The van der Waals surface area contributed by atoms with Crippen LogP contribution in [0.2, 0.25) is 0 Å². The van der Waals surface area contributed by atoms with E-state index in [1.807, 2.05) is 44.2 Å². The Labute approximate surface area is 118 Å². The summed E-state index contributed by atoms with van der Waals surface area (Å²) in [6.45, 7) is 3.95. The highest BCUT2D eigenvalue weighted by molar-refractivity contribution is 5.85. The summed E-state index contributed by atoms with van der Waals surface area (Å²) in [4.78, 5) is 0. The summed E-state index contributed by atoms with van der Waals surface area (Å²) in [5, 5.41) is 8.31. The number of benzene rings is 2. The van der Waals surface area contributed by atoms with Crippen molar-refractivity contribution in [2.24, 2.45) is 10.2 Å². The largest absolute Gasteiger partial charge is 0.398 e. The first-order valence-electron chi connectivity index (χ1n) is 5.70. The highest BCUT2D eigenvalue weighted by atomic mass is 35.5. The van der Waals surface area contributed by atoms with Crippen molar-refractivity contribution in [2.45, 2.75) is 13.8 Å². The molecule has 0 aliphatic rings. The quantitative estimate of drug-likeness (QED) is 0.633. The smallest absolute Gasteiger partial charge is 0.109 e. The Morgan fingerprint density at radius 3 is 2.11 bits per heavy atom. The average molecular weight is 277 g/mol. The zero-order chi connectivity index (χ0) is 13.1. The second-order valence-electron chi connectivity index (χ2n) is 4.30. The van der Waals surface area contributed by atoms with Crippen molar-refractivity contribution in [1.29, 1.82) is 0 Å². The number of halogens is 1. The molecule has 0 aliphatic carbocycles. The van der Waals surface area contributed by atoms with Gasteiger partial charge in [-0.05, 0) is 43.7 Å². The van der Waals surface area contributed by atoms with Crippen molar-refractivity contribution in [1.82, 2.24) is 0 Å². The van der Waals surface area contributed by atoms with Crippen molar-refractivity contribution in [3.8, 4) is 0 Å². The summed E-state index contributed by atoms with van der Waals surface area (Å²) in [5.41, 5.74) is 16.4. The molecule has 0 spiro atoms. The number of aryl methyl sites for hydroxylation is 2. The second kappa shape index (κ2) is 6.20. The minimum atomic E-state index is 0. The van der Waals surface area contributed by atoms with Crippen molar-refractivity contribution >= 4 is 35.2 Å². The Morgan fingerprint density at radius 1 is 0.842 bits per heavy atom. The molecule has 19 heavy (non-hydrogen) atoms. The molecule has 0 bridgehead atoms. The number of rotatable bonds is 2. The maximum atomic E-state index is 5.84. The highest BCUT2D eigenvalue weighted by Gasteiger charge is 2.01. The molecular formula is C14H17ClN4. The van der Waals surface area contributed by atoms with Crippen molar-refractivity contribution in [3.05, 3.63) is 47.5 Å². The Bertz CT molecular complexity index is 591. The first kappa shape index (κ1) is 15.0. The van der Waals surface area contributed by atoms with Gasteiger partial charge in [-0.25, -0.2) is 0 Å². The molecule has 0 aromatic heterocycles. The van der Waals surface area contributed by atoms with Gasteiger partial charge in [0.1, 0.15) is 5.69 Å². The van der Waals surface area contributed by atoms with Crippen LogP contribution in [0.1, 0.15) is 11.1 Å². The number of nitrogens with zero attached hydrogens (tertiary/aromatic N) is 2. The Kier molecular flexibility index (Phi) is 4.89. The molecule has 4 N–H and O–H groups in total. The van der Waals surface area contributed by atoms with Crippen LogP contribution in [0.15, 0.2) is 46.6 Å². The fourth-order valence-corrected chi connectivity index (χ4v) is 1.54. The van der Waals surface area contributed by atoms with Crippen LogP contribution in [0.25, 0.3) is 0 Å². The van der Waals surface area contributed by atoms with E-state index in [0.717, 1.165) is 11.3 Å². The monoisotopic (exact) mass is 276 g/mol. The normalized spacial score (nSPS) is 10.4. The molecule has 2 aromatic rings. The van der Waals surface area contributed by atoms with Crippen LogP contribution >= 0.6 is 12.4 Å². The number of azo groups is 1. The minimum absolute atomic E-state index is 0. The second-order valence-corrected chi connectivity index (χ2v) is 4.30. The van der Waals surface area contributed by atoms with Gasteiger partial charge in [-0.2, -0.15) is 5.11 Å². The van der Waals surface area contributed by atoms with Gasteiger partial charge < -0.3 is 11.5 Å². The molecule has 2 rings (SSSR count). The third-order valence-corrected chi connectivity index (χ3v) is 2.72. The molecule has 100 valence electrons. The van der Waals surface area contributed by atoms with Gasteiger partial charge in [0.05, 0.1) is 11.4 Å². The van der Waals surface area contributed by atoms with Crippen LogP contribution in [-0.2, 0) is 0 Å². The SMILES string of the molecule is Cc1ccc(N=Nc2cc(C)c(N)cc2N)cc1.Cl. The molecule has 0 saturated carbocycles. The van der Waals surface area contributed by atoms with Gasteiger partial charge in [0.25, 0.3) is 0 Å². The first-order valence-corrected chi connectivity index (χ1v) is 5.70. The lowest BCUT2D eigenvalue weighted by Crippen LogP contribution is -1.93. The van der Waals surface area contributed by atoms with Crippen LogP contribution in [0.3, 0.4) is 0 Å². The van der Waals surface area contributed by atoms with Crippen LogP contribution in [0.4, 0.5) is 22.7 Å². The molecule has 0 heterocycles. The van der Waals surface area contributed by atoms with Gasteiger partial charge in [-0.15, -0.1) is 17.5 Å². The lowest BCUT2D eigenvalue weighted by atomic mass is 10.1. The van der Waals surface area contributed by atoms with Crippen molar-refractivity contribution in [3.63, 3.8) is 0 Å². The fraction of sp³-hybridized carbons (Fsp3) is 0.143. The number of anilines is 2. The predicted molar refractivity (Wildman–Crippen MR) is 82.6 cm³/mol. The van der Waals surface area contributed by atoms with E-state index in [1.165, 1.54) is 5.56 Å². The molecule has 0 saturated heterocycles. The number of nitrogen functional groups attached to an aromatic ring is 2. The number of hydrogen-bond acceptors (Lipinski definition) is 4. The molecule has 0 radical (unpaired) electrons. The van der Waals surface area contributed by atoms with E-state index >= 15 is 0 Å². The van der Waals surface area contributed by atoms with Crippen LogP contribution in [-0.4, -0.2) is 0 Å². The number of hydrogen-bond donors (Lipinski definition) is 2. The first-order chi connectivity index (χ1) is 8.56. The third-order valence-electron chi connectivity index (χ3n) is 2.72. The van der Waals surface area contributed by atoms with E-state index in [2.05, 4.69) is 10.2 Å². The summed E-state index contributed by atoms with van der Waals surface area (Å²) in [6, 6.07) is 11.4. The van der Waals surface area contributed by atoms with Gasteiger partial charge in [-0.3, -0.25) is 0 Å². The molecule has 0 amide bonds. The molecule has 0 unspecified atom stereocenters. The molecule has 0 atom stereocenters. The third kappa shape index (κ3) is 3.69. The van der Waals surface area contributed by atoms with Crippen molar-refractivity contribution in [2.75, 3.05) is 11.5 Å². The lowest BCUT2D eigenvalue weighted by molar-refractivity contribution is 1.22.